The molecule has 0 aliphatic carbocycles. The lowest BCUT2D eigenvalue weighted by Gasteiger charge is -2.25. The van der Waals surface area contributed by atoms with Crippen LogP contribution in [0.5, 0.6) is 0 Å². The molecule has 1 aromatic heterocycles. The van der Waals surface area contributed by atoms with Crippen LogP contribution >= 0.6 is 0 Å². The molecule has 0 N–H and O–H groups in total. The summed E-state index contributed by atoms with van der Waals surface area (Å²) in [6, 6.07) is 0. The number of carbonyl (C=O) groups is 1. The highest BCUT2D eigenvalue weighted by Crippen LogP contribution is 2.02. The maximum atomic E-state index is 11.7. The van der Waals surface area contributed by atoms with Crippen LogP contribution < -0.4 is 0 Å². The highest BCUT2D eigenvalue weighted by Gasteiger charge is 2.13. The second kappa shape index (κ2) is 4.94. The Morgan fingerprint density at radius 1 is 1.50 bits per heavy atom. The molecule has 5 heteroatoms. The number of aromatic nitrogens is 2. The Balaban J connectivity index is 1.93. The maximum Gasteiger partial charge on any atom is 0.246 e. The van der Waals surface area contributed by atoms with Crippen LogP contribution in [0, 0.1) is 0 Å². The zero-order chi connectivity index (χ0) is 11.4. The van der Waals surface area contributed by atoms with Gasteiger partial charge in [0.25, 0.3) is 0 Å². The lowest BCUT2D eigenvalue weighted by Crippen LogP contribution is -2.39. The molecule has 1 amide bonds. The summed E-state index contributed by atoms with van der Waals surface area (Å²) in [5.41, 5.74) is 0.934. The monoisotopic (exact) mass is 221 g/mol. The fraction of sp³-hybridized carbons (Fsp3) is 0.455. The van der Waals surface area contributed by atoms with Crippen molar-refractivity contribution in [2.24, 2.45) is 7.05 Å². The van der Waals surface area contributed by atoms with Gasteiger partial charge >= 0.3 is 0 Å². The molecule has 1 aliphatic rings. The van der Waals surface area contributed by atoms with Crippen LogP contribution in [-0.2, 0) is 16.6 Å². The standard InChI is InChI=1S/C11H15N3O2/c1-13-9-10(8-12-13)2-3-11(15)14-4-6-16-7-5-14/h2-3,8-9H,4-7H2,1H3. The van der Waals surface area contributed by atoms with E-state index in [4.69, 9.17) is 4.74 Å². The fourth-order valence-electron chi connectivity index (χ4n) is 1.58. The third kappa shape index (κ3) is 2.70. The van der Waals surface area contributed by atoms with E-state index in [0.29, 0.717) is 26.3 Å². The second-order valence-corrected chi connectivity index (χ2v) is 3.72. The zero-order valence-corrected chi connectivity index (χ0v) is 9.30. The number of aryl methyl sites for hydroxylation is 1. The number of ether oxygens (including phenoxy) is 1. The predicted octanol–water partition coefficient (Wildman–Crippen LogP) is 0.292. The van der Waals surface area contributed by atoms with E-state index >= 15 is 0 Å². The summed E-state index contributed by atoms with van der Waals surface area (Å²) in [6.07, 6.45) is 6.96. The molecule has 0 atom stereocenters. The van der Waals surface area contributed by atoms with E-state index < -0.39 is 0 Å². The quantitative estimate of drug-likeness (QED) is 0.674. The topological polar surface area (TPSA) is 47.4 Å². The Morgan fingerprint density at radius 2 is 2.25 bits per heavy atom. The van der Waals surface area contributed by atoms with Gasteiger partial charge in [-0.25, -0.2) is 0 Å². The highest BCUT2D eigenvalue weighted by molar-refractivity contribution is 5.91. The van der Waals surface area contributed by atoms with Crippen LogP contribution in [0.3, 0.4) is 0 Å². The molecular weight excluding hydrogens is 206 g/mol. The van der Waals surface area contributed by atoms with Crippen molar-refractivity contribution in [3.63, 3.8) is 0 Å². The summed E-state index contributed by atoms with van der Waals surface area (Å²) in [5, 5.41) is 4.03. The number of rotatable bonds is 2. The molecule has 5 nitrogen and oxygen atoms in total. The molecule has 2 rings (SSSR count). The Hall–Kier alpha value is -1.62. The molecule has 0 spiro atoms. The Kier molecular flexibility index (Phi) is 3.36. The van der Waals surface area contributed by atoms with E-state index in [0.717, 1.165) is 5.56 Å². The summed E-state index contributed by atoms with van der Waals surface area (Å²) >= 11 is 0. The fourth-order valence-corrected chi connectivity index (χ4v) is 1.58. The number of nitrogens with zero attached hydrogens (tertiary/aromatic N) is 3. The van der Waals surface area contributed by atoms with Gasteiger partial charge in [0.1, 0.15) is 0 Å². The first-order valence-electron chi connectivity index (χ1n) is 5.29. The number of hydrogen-bond donors (Lipinski definition) is 0. The largest absolute Gasteiger partial charge is 0.378 e. The Morgan fingerprint density at radius 3 is 2.88 bits per heavy atom. The number of carbonyl (C=O) groups excluding carboxylic acids is 1. The molecule has 1 saturated heterocycles. The van der Waals surface area contributed by atoms with Gasteiger partial charge in [0.05, 0.1) is 19.4 Å². The van der Waals surface area contributed by atoms with Gasteiger partial charge in [0.15, 0.2) is 0 Å². The lowest BCUT2D eigenvalue weighted by atomic mass is 10.3. The van der Waals surface area contributed by atoms with Gasteiger partial charge in [-0.2, -0.15) is 5.10 Å². The molecule has 16 heavy (non-hydrogen) atoms. The van der Waals surface area contributed by atoms with Gasteiger partial charge in [0.2, 0.25) is 5.91 Å². The second-order valence-electron chi connectivity index (χ2n) is 3.72. The van der Waals surface area contributed by atoms with Crippen LogP contribution in [-0.4, -0.2) is 46.9 Å². The average Bonchev–Trinajstić information content (AvgIpc) is 2.73. The summed E-state index contributed by atoms with van der Waals surface area (Å²) in [7, 11) is 1.85. The number of amides is 1. The van der Waals surface area contributed by atoms with E-state index in [9.17, 15) is 4.79 Å². The van der Waals surface area contributed by atoms with Gasteiger partial charge in [-0.3, -0.25) is 9.48 Å². The van der Waals surface area contributed by atoms with Crippen molar-refractivity contribution in [3.05, 3.63) is 24.0 Å². The van der Waals surface area contributed by atoms with Crippen molar-refractivity contribution in [2.75, 3.05) is 26.3 Å². The maximum absolute atomic E-state index is 11.7. The van der Waals surface area contributed by atoms with Gasteiger partial charge < -0.3 is 9.64 Å². The first-order chi connectivity index (χ1) is 7.75. The SMILES string of the molecule is Cn1cc(C=CC(=O)N2CCOCC2)cn1. The van der Waals surface area contributed by atoms with Gasteiger partial charge in [-0.15, -0.1) is 0 Å². The molecule has 1 aromatic rings. The Bertz CT molecular complexity index is 392. The van der Waals surface area contributed by atoms with E-state index in [1.807, 2.05) is 13.2 Å². The minimum absolute atomic E-state index is 0.0344. The molecule has 0 radical (unpaired) electrons. The van der Waals surface area contributed by atoms with E-state index in [-0.39, 0.29) is 5.91 Å². The Labute approximate surface area is 94.3 Å². The van der Waals surface area contributed by atoms with Crippen LogP contribution in [0.15, 0.2) is 18.5 Å². The molecule has 0 unspecified atom stereocenters. The minimum Gasteiger partial charge on any atom is -0.378 e. The first kappa shape index (κ1) is 10.9. The molecular formula is C11H15N3O2. The van der Waals surface area contributed by atoms with Crippen LogP contribution in [0.25, 0.3) is 6.08 Å². The normalized spacial score (nSPS) is 16.9. The third-order valence-electron chi connectivity index (χ3n) is 2.47. The lowest BCUT2D eigenvalue weighted by molar-refractivity contribution is -0.129. The van der Waals surface area contributed by atoms with E-state index in [1.54, 1.807) is 27.9 Å². The molecule has 0 aromatic carbocycles. The van der Waals surface area contributed by atoms with Gasteiger partial charge in [-0.05, 0) is 6.08 Å². The first-order valence-corrected chi connectivity index (χ1v) is 5.29. The summed E-state index contributed by atoms with van der Waals surface area (Å²) in [4.78, 5) is 13.5. The van der Waals surface area contributed by atoms with Crippen LogP contribution in [0.4, 0.5) is 0 Å². The summed E-state index contributed by atoms with van der Waals surface area (Å²) < 4.78 is 6.89. The van der Waals surface area contributed by atoms with Crippen molar-refractivity contribution in [1.82, 2.24) is 14.7 Å². The highest BCUT2D eigenvalue weighted by atomic mass is 16.5. The zero-order valence-electron chi connectivity index (χ0n) is 9.30. The number of morpholine rings is 1. The average molecular weight is 221 g/mol. The smallest absolute Gasteiger partial charge is 0.246 e. The van der Waals surface area contributed by atoms with Gasteiger partial charge in [0, 0.05) is 38.0 Å². The van der Waals surface area contributed by atoms with Crippen molar-refractivity contribution in [2.45, 2.75) is 0 Å². The summed E-state index contributed by atoms with van der Waals surface area (Å²) in [6.45, 7) is 2.62. The molecule has 1 fully saturated rings. The molecule has 2 heterocycles. The van der Waals surface area contributed by atoms with Gasteiger partial charge in [-0.1, -0.05) is 0 Å². The van der Waals surface area contributed by atoms with Crippen LogP contribution in [0.1, 0.15) is 5.56 Å². The van der Waals surface area contributed by atoms with E-state index in [1.165, 1.54) is 0 Å². The number of hydrogen-bond acceptors (Lipinski definition) is 3. The van der Waals surface area contributed by atoms with Crippen LogP contribution in [0.2, 0.25) is 0 Å². The summed E-state index contributed by atoms with van der Waals surface area (Å²) in [5.74, 6) is 0.0344. The van der Waals surface area contributed by atoms with Crippen molar-refractivity contribution >= 4 is 12.0 Å². The van der Waals surface area contributed by atoms with Crippen molar-refractivity contribution in [1.29, 1.82) is 0 Å². The third-order valence-corrected chi connectivity index (χ3v) is 2.47. The minimum atomic E-state index is 0.0344. The molecule has 86 valence electrons. The molecule has 1 aliphatic heterocycles. The predicted molar refractivity (Wildman–Crippen MR) is 59.6 cm³/mol. The van der Waals surface area contributed by atoms with E-state index in [2.05, 4.69) is 5.10 Å². The molecule has 0 saturated carbocycles. The molecule has 0 bridgehead atoms. The van der Waals surface area contributed by atoms with Crippen molar-refractivity contribution in [3.8, 4) is 0 Å². The van der Waals surface area contributed by atoms with Crippen molar-refractivity contribution < 1.29 is 9.53 Å².